The summed E-state index contributed by atoms with van der Waals surface area (Å²) in [6, 6.07) is 18.9. The van der Waals surface area contributed by atoms with Gasteiger partial charge in [-0.2, -0.15) is 0 Å². The molecule has 0 saturated heterocycles. The molecule has 0 heterocycles. The van der Waals surface area contributed by atoms with Gasteiger partial charge in [0.05, 0.1) is 0 Å². The van der Waals surface area contributed by atoms with Gasteiger partial charge in [0.15, 0.2) is 0 Å². The average Bonchev–Trinajstić information content (AvgIpc) is 2.50. The van der Waals surface area contributed by atoms with Crippen molar-refractivity contribution in [3.63, 3.8) is 0 Å². The van der Waals surface area contributed by atoms with Crippen molar-refractivity contribution in [3.8, 4) is 0 Å². The molecule has 2 aromatic carbocycles. The lowest BCUT2D eigenvalue weighted by Crippen LogP contribution is -1.93. The van der Waals surface area contributed by atoms with Crippen molar-refractivity contribution in [2.45, 2.75) is 25.7 Å². The third-order valence-corrected chi connectivity index (χ3v) is 3.41. The van der Waals surface area contributed by atoms with Gasteiger partial charge in [0, 0.05) is 6.61 Å². The third-order valence-electron chi connectivity index (χ3n) is 3.41. The van der Waals surface area contributed by atoms with E-state index in [1.807, 2.05) is 12.1 Å². The first-order valence-corrected chi connectivity index (χ1v) is 7.29. The van der Waals surface area contributed by atoms with Crippen LogP contribution in [0.4, 0.5) is 0 Å². The molecule has 0 aliphatic carbocycles. The summed E-state index contributed by atoms with van der Waals surface area (Å²) in [5, 5.41) is 9.06. The summed E-state index contributed by atoms with van der Waals surface area (Å²) in [4.78, 5) is 0. The lowest BCUT2D eigenvalue weighted by atomic mass is 10.0. The van der Waals surface area contributed by atoms with Crippen molar-refractivity contribution in [1.29, 1.82) is 0 Å². The summed E-state index contributed by atoms with van der Waals surface area (Å²) in [7, 11) is 0. The van der Waals surface area contributed by atoms with Crippen LogP contribution < -0.4 is 0 Å². The van der Waals surface area contributed by atoms with E-state index in [0.29, 0.717) is 0 Å². The molecule has 0 amide bonds. The lowest BCUT2D eigenvalue weighted by molar-refractivity contribution is 0.299. The molecule has 20 heavy (non-hydrogen) atoms. The highest BCUT2D eigenvalue weighted by Gasteiger charge is 1.97. The maximum atomic E-state index is 9.06. The van der Waals surface area contributed by atoms with Gasteiger partial charge >= 0.3 is 0 Å². The van der Waals surface area contributed by atoms with Crippen LogP contribution in [0.1, 0.15) is 29.5 Å². The first-order chi connectivity index (χ1) is 9.90. The average molecular weight is 266 g/mol. The van der Waals surface area contributed by atoms with Crippen LogP contribution in [0.2, 0.25) is 0 Å². The fraction of sp³-hybridized carbons (Fsp3) is 0.263. The molecular weight excluding hydrogens is 244 g/mol. The van der Waals surface area contributed by atoms with Gasteiger partial charge in [0.2, 0.25) is 0 Å². The second-order valence-electron chi connectivity index (χ2n) is 4.95. The van der Waals surface area contributed by atoms with E-state index in [1.54, 1.807) is 0 Å². The number of rotatable bonds is 7. The Kier molecular flexibility index (Phi) is 6.07. The molecule has 0 bridgehead atoms. The van der Waals surface area contributed by atoms with Crippen LogP contribution in [0.25, 0.3) is 6.08 Å². The predicted molar refractivity (Wildman–Crippen MR) is 85.6 cm³/mol. The molecule has 0 aliphatic heterocycles. The van der Waals surface area contributed by atoms with Crippen LogP contribution >= 0.6 is 0 Å². The Balaban J connectivity index is 1.82. The number of aliphatic hydroxyl groups excluding tert-OH is 1. The summed E-state index contributed by atoms with van der Waals surface area (Å²) in [5.74, 6) is 0. The highest BCUT2D eigenvalue weighted by atomic mass is 16.2. The maximum Gasteiger partial charge on any atom is 0.0471 e. The Morgan fingerprint density at radius 3 is 2.40 bits per heavy atom. The summed E-state index contributed by atoms with van der Waals surface area (Å²) >= 11 is 0. The SMILES string of the molecule is OCCc1ccccc1C=CCCCc1ccccc1. The highest BCUT2D eigenvalue weighted by molar-refractivity contribution is 5.53. The van der Waals surface area contributed by atoms with Gasteiger partial charge in [-0.05, 0) is 42.4 Å². The Labute approximate surface area is 121 Å². The first kappa shape index (κ1) is 14.5. The van der Waals surface area contributed by atoms with Crippen molar-refractivity contribution < 1.29 is 5.11 Å². The fourth-order valence-electron chi connectivity index (χ4n) is 2.32. The maximum absolute atomic E-state index is 9.06. The van der Waals surface area contributed by atoms with Crippen LogP contribution in [0.15, 0.2) is 60.7 Å². The smallest absolute Gasteiger partial charge is 0.0471 e. The monoisotopic (exact) mass is 266 g/mol. The Hall–Kier alpha value is -1.86. The standard InChI is InChI=1S/C19H22O/c20-16-15-19-14-8-7-13-18(19)12-6-2-5-11-17-9-3-1-4-10-17/h1,3-4,6-10,12-14,20H,2,5,11,15-16H2. The normalized spacial score (nSPS) is 11.1. The van der Waals surface area contributed by atoms with Gasteiger partial charge in [-0.1, -0.05) is 66.7 Å². The predicted octanol–water partition coefficient (Wildman–Crippen LogP) is 4.26. The van der Waals surface area contributed by atoms with Crippen LogP contribution in [0.5, 0.6) is 0 Å². The Morgan fingerprint density at radius 2 is 1.60 bits per heavy atom. The van der Waals surface area contributed by atoms with Crippen molar-refractivity contribution in [1.82, 2.24) is 0 Å². The number of aliphatic hydroxyl groups is 1. The second kappa shape index (κ2) is 8.34. The van der Waals surface area contributed by atoms with E-state index in [4.69, 9.17) is 5.11 Å². The van der Waals surface area contributed by atoms with Crippen LogP contribution in [-0.2, 0) is 12.8 Å². The molecule has 1 N–H and O–H groups in total. The van der Waals surface area contributed by atoms with Crippen LogP contribution in [0, 0.1) is 0 Å². The van der Waals surface area contributed by atoms with Crippen molar-refractivity contribution >= 4 is 6.08 Å². The zero-order valence-corrected chi connectivity index (χ0v) is 11.8. The van der Waals surface area contributed by atoms with E-state index < -0.39 is 0 Å². The Bertz CT molecular complexity index is 528. The number of aryl methyl sites for hydroxylation is 1. The van der Waals surface area contributed by atoms with Gasteiger partial charge < -0.3 is 5.11 Å². The quantitative estimate of drug-likeness (QED) is 0.742. The van der Waals surface area contributed by atoms with Crippen molar-refractivity contribution in [2.75, 3.05) is 6.61 Å². The zero-order valence-electron chi connectivity index (χ0n) is 11.8. The van der Waals surface area contributed by atoms with Crippen molar-refractivity contribution in [2.24, 2.45) is 0 Å². The number of hydrogen-bond acceptors (Lipinski definition) is 1. The van der Waals surface area contributed by atoms with Gasteiger partial charge in [-0.3, -0.25) is 0 Å². The molecule has 0 saturated carbocycles. The molecule has 0 fully saturated rings. The topological polar surface area (TPSA) is 20.2 Å². The summed E-state index contributed by atoms with van der Waals surface area (Å²) in [6.45, 7) is 0.207. The molecule has 0 unspecified atom stereocenters. The molecule has 0 aliphatic rings. The first-order valence-electron chi connectivity index (χ1n) is 7.29. The summed E-state index contributed by atoms with van der Waals surface area (Å²) < 4.78 is 0. The molecule has 104 valence electrons. The van der Waals surface area contributed by atoms with E-state index in [1.165, 1.54) is 23.1 Å². The molecule has 0 aromatic heterocycles. The third kappa shape index (κ3) is 4.67. The van der Waals surface area contributed by atoms with Crippen LogP contribution in [-0.4, -0.2) is 11.7 Å². The van der Waals surface area contributed by atoms with E-state index in [2.05, 4.69) is 54.6 Å². The van der Waals surface area contributed by atoms with Gasteiger partial charge in [-0.25, -0.2) is 0 Å². The number of allylic oxidation sites excluding steroid dienone is 1. The van der Waals surface area contributed by atoms with E-state index in [-0.39, 0.29) is 6.61 Å². The molecular formula is C19H22O. The minimum atomic E-state index is 0.207. The van der Waals surface area contributed by atoms with E-state index >= 15 is 0 Å². The molecule has 0 radical (unpaired) electrons. The molecule has 1 nitrogen and oxygen atoms in total. The molecule has 2 rings (SSSR count). The van der Waals surface area contributed by atoms with E-state index in [0.717, 1.165) is 19.3 Å². The molecule has 1 heteroatoms. The highest BCUT2D eigenvalue weighted by Crippen LogP contribution is 2.12. The summed E-state index contributed by atoms with van der Waals surface area (Å²) in [5.41, 5.74) is 3.84. The van der Waals surface area contributed by atoms with Gasteiger partial charge in [0.1, 0.15) is 0 Å². The molecule has 0 spiro atoms. The Morgan fingerprint density at radius 1 is 0.850 bits per heavy atom. The lowest BCUT2D eigenvalue weighted by Gasteiger charge is -2.03. The largest absolute Gasteiger partial charge is 0.396 e. The van der Waals surface area contributed by atoms with Gasteiger partial charge in [0.25, 0.3) is 0 Å². The van der Waals surface area contributed by atoms with Gasteiger partial charge in [-0.15, -0.1) is 0 Å². The minimum absolute atomic E-state index is 0.207. The minimum Gasteiger partial charge on any atom is -0.396 e. The number of unbranched alkanes of at least 4 members (excludes halogenated alkanes) is 1. The second-order valence-corrected chi connectivity index (χ2v) is 4.95. The summed E-state index contributed by atoms with van der Waals surface area (Å²) in [6.07, 6.45) is 8.52. The molecule has 0 atom stereocenters. The number of hydrogen-bond donors (Lipinski definition) is 1. The fourth-order valence-corrected chi connectivity index (χ4v) is 2.32. The number of benzene rings is 2. The van der Waals surface area contributed by atoms with Crippen LogP contribution in [0.3, 0.4) is 0 Å². The molecule has 2 aromatic rings. The van der Waals surface area contributed by atoms with Crippen molar-refractivity contribution in [3.05, 3.63) is 77.4 Å². The van der Waals surface area contributed by atoms with E-state index in [9.17, 15) is 0 Å². The zero-order chi connectivity index (χ0) is 14.0.